The first-order valence-electron chi connectivity index (χ1n) is 11.1. The third kappa shape index (κ3) is 4.54. The standard InChI is InChI=1S/C26H26FN3O3/c1-32-12-2-3-18-4-7-20(8-5-18)29-25(31)30-16-26(17-30)14-21(15-26)33-24-10-11-28-23-9-6-19(27)13-22(23)24/h2-11,13,21H,12,14-17H2,1H3,(H,29,31). The van der Waals surface area contributed by atoms with Crippen LogP contribution in [0.25, 0.3) is 17.0 Å². The van der Waals surface area contributed by atoms with E-state index >= 15 is 0 Å². The normalized spacial score (nSPS) is 17.2. The van der Waals surface area contributed by atoms with E-state index in [9.17, 15) is 9.18 Å². The lowest BCUT2D eigenvalue weighted by Crippen LogP contribution is -2.66. The summed E-state index contributed by atoms with van der Waals surface area (Å²) in [6.45, 7) is 2.02. The van der Waals surface area contributed by atoms with E-state index in [1.54, 1.807) is 25.4 Å². The number of urea groups is 1. The number of anilines is 1. The predicted octanol–water partition coefficient (Wildman–Crippen LogP) is 5.11. The largest absolute Gasteiger partial charge is 0.490 e. The molecule has 0 atom stereocenters. The second-order valence-corrected chi connectivity index (χ2v) is 8.88. The number of carbonyl (C=O) groups is 1. The van der Waals surface area contributed by atoms with Crippen LogP contribution in [0.2, 0.25) is 0 Å². The van der Waals surface area contributed by atoms with E-state index in [4.69, 9.17) is 9.47 Å². The molecule has 6 nitrogen and oxygen atoms in total. The maximum atomic E-state index is 13.7. The number of pyridine rings is 1. The topological polar surface area (TPSA) is 63.7 Å². The van der Waals surface area contributed by atoms with Crippen LogP contribution in [0.1, 0.15) is 18.4 Å². The fraction of sp³-hybridized carbons (Fsp3) is 0.308. The Balaban J connectivity index is 1.11. The van der Waals surface area contributed by atoms with E-state index in [0.29, 0.717) is 23.3 Å². The zero-order chi connectivity index (χ0) is 22.8. The van der Waals surface area contributed by atoms with Gasteiger partial charge in [0.05, 0.1) is 12.1 Å². The van der Waals surface area contributed by atoms with Crippen molar-refractivity contribution in [1.82, 2.24) is 9.88 Å². The monoisotopic (exact) mass is 447 g/mol. The number of benzene rings is 2. The Kier molecular flexibility index (Phi) is 5.72. The predicted molar refractivity (Wildman–Crippen MR) is 126 cm³/mol. The van der Waals surface area contributed by atoms with Crippen LogP contribution in [0.15, 0.2) is 60.8 Å². The molecule has 2 aromatic carbocycles. The van der Waals surface area contributed by atoms with Crippen molar-refractivity contribution >= 4 is 28.7 Å². The summed E-state index contributed by atoms with van der Waals surface area (Å²) in [6.07, 6.45) is 7.45. The van der Waals surface area contributed by atoms with Crippen LogP contribution < -0.4 is 10.1 Å². The van der Waals surface area contributed by atoms with Gasteiger partial charge in [-0.3, -0.25) is 4.98 Å². The number of likely N-dealkylation sites (tertiary alicyclic amines) is 1. The summed E-state index contributed by atoms with van der Waals surface area (Å²) in [4.78, 5) is 18.7. The molecule has 2 heterocycles. The van der Waals surface area contributed by atoms with Gasteiger partial charge in [-0.1, -0.05) is 24.3 Å². The van der Waals surface area contributed by atoms with Gasteiger partial charge in [0.25, 0.3) is 0 Å². The Hall–Kier alpha value is -3.45. The molecule has 0 unspecified atom stereocenters. The summed E-state index contributed by atoms with van der Waals surface area (Å²) < 4.78 is 24.8. The van der Waals surface area contributed by atoms with Gasteiger partial charge in [-0.25, -0.2) is 9.18 Å². The fourth-order valence-corrected chi connectivity index (χ4v) is 4.69. The number of fused-ring (bicyclic) bond motifs is 1. The van der Waals surface area contributed by atoms with Crippen LogP contribution in [-0.4, -0.2) is 48.8 Å². The summed E-state index contributed by atoms with van der Waals surface area (Å²) in [5, 5.41) is 3.65. The van der Waals surface area contributed by atoms with Crippen molar-refractivity contribution in [2.24, 2.45) is 5.41 Å². The van der Waals surface area contributed by atoms with Gasteiger partial charge in [-0.05, 0) is 54.8 Å². The smallest absolute Gasteiger partial charge is 0.321 e. The average molecular weight is 448 g/mol. The number of nitrogens with zero attached hydrogens (tertiary/aromatic N) is 2. The van der Waals surface area contributed by atoms with Crippen LogP contribution in [-0.2, 0) is 4.74 Å². The van der Waals surface area contributed by atoms with Crippen LogP contribution in [0.3, 0.4) is 0 Å². The van der Waals surface area contributed by atoms with Gasteiger partial charge in [0.15, 0.2) is 0 Å². The Morgan fingerprint density at radius 3 is 2.76 bits per heavy atom. The van der Waals surface area contributed by atoms with Gasteiger partial charge in [0, 0.05) is 42.9 Å². The minimum atomic E-state index is -0.303. The number of hydrogen-bond acceptors (Lipinski definition) is 4. The van der Waals surface area contributed by atoms with Crippen molar-refractivity contribution in [3.63, 3.8) is 0 Å². The first-order valence-corrected chi connectivity index (χ1v) is 11.1. The first kappa shape index (κ1) is 21.4. The highest BCUT2D eigenvalue weighted by atomic mass is 19.1. The van der Waals surface area contributed by atoms with E-state index in [2.05, 4.69) is 10.3 Å². The lowest BCUT2D eigenvalue weighted by Gasteiger charge is -2.58. The molecule has 2 fully saturated rings. The van der Waals surface area contributed by atoms with Crippen molar-refractivity contribution in [3.05, 3.63) is 72.2 Å². The second-order valence-electron chi connectivity index (χ2n) is 8.88. The molecule has 7 heteroatoms. The molecule has 33 heavy (non-hydrogen) atoms. The highest BCUT2D eigenvalue weighted by molar-refractivity contribution is 5.90. The quantitative estimate of drug-likeness (QED) is 0.571. The number of aromatic nitrogens is 1. The summed E-state index contributed by atoms with van der Waals surface area (Å²) in [5.74, 6) is 0.358. The van der Waals surface area contributed by atoms with Gasteiger partial charge < -0.3 is 19.7 Å². The molecule has 0 bridgehead atoms. The highest BCUT2D eigenvalue weighted by Gasteiger charge is 2.54. The molecule has 170 valence electrons. The number of ether oxygens (including phenoxy) is 2. The number of rotatable bonds is 6. The number of amides is 2. The maximum absolute atomic E-state index is 13.7. The molecule has 1 aliphatic carbocycles. The molecule has 2 aliphatic rings. The second kappa shape index (κ2) is 8.83. The molecule has 1 aliphatic heterocycles. The Morgan fingerprint density at radius 1 is 1.21 bits per heavy atom. The number of halogens is 1. The molecule has 1 saturated heterocycles. The van der Waals surface area contributed by atoms with E-state index in [0.717, 1.165) is 37.2 Å². The van der Waals surface area contributed by atoms with E-state index in [1.807, 2.05) is 41.3 Å². The molecule has 1 saturated carbocycles. The average Bonchev–Trinajstić information content (AvgIpc) is 2.76. The van der Waals surface area contributed by atoms with Crippen LogP contribution in [0.5, 0.6) is 5.75 Å². The SMILES string of the molecule is COCC=Cc1ccc(NC(=O)N2CC3(CC(Oc4ccnc5ccc(F)cc45)C3)C2)cc1. The number of carbonyl (C=O) groups excluding carboxylic acids is 1. The van der Waals surface area contributed by atoms with E-state index < -0.39 is 0 Å². The van der Waals surface area contributed by atoms with E-state index in [1.165, 1.54) is 12.1 Å². The molecule has 3 aromatic rings. The molecular weight excluding hydrogens is 421 g/mol. The van der Waals surface area contributed by atoms with Gasteiger partial charge in [0.2, 0.25) is 0 Å². The third-order valence-corrected chi connectivity index (χ3v) is 6.35. The maximum Gasteiger partial charge on any atom is 0.321 e. The third-order valence-electron chi connectivity index (χ3n) is 6.35. The molecule has 0 radical (unpaired) electrons. The molecule has 1 N–H and O–H groups in total. The van der Waals surface area contributed by atoms with Crippen molar-refractivity contribution in [3.8, 4) is 5.75 Å². The summed E-state index contributed by atoms with van der Waals surface area (Å²) in [6, 6.07) is 13.9. The van der Waals surface area contributed by atoms with Crippen LogP contribution in [0, 0.1) is 11.2 Å². The zero-order valence-electron chi connectivity index (χ0n) is 18.5. The number of hydrogen-bond donors (Lipinski definition) is 1. The first-order chi connectivity index (χ1) is 16.0. The minimum Gasteiger partial charge on any atom is -0.490 e. The van der Waals surface area contributed by atoms with E-state index in [-0.39, 0.29) is 23.4 Å². The van der Waals surface area contributed by atoms with Crippen molar-refractivity contribution < 1.29 is 18.7 Å². The molecular formula is C26H26FN3O3. The lowest BCUT2D eigenvalue weighted by molar-refractivity contribution is -0.0978. The Morgan fingerprint density at radius 2 is 2.00 bits per heavy atom. The highest BCUT2D eigenvalue weighted by Crippen LogP contribution is 2.50. The van der Waals surface area contributed by atoms with Crippen molar-refractivity contribution in [2.75, 3.05) is 32.1 Å². The van der Waals surface area contributed by atoms with Gasteiger partial charge in [0.1, 0.15) is 17.7 Å². The van der Waals surface area contributed by atoms with Crippen molar-refractivity contribution in [1.29, 1.82) is 0 Å². The summed E-state index contributed by atoms with van der Waals surface area (Å²) in [7, 11) is 1.66. The Labute approximate surface area is 192 Å². The van der Waals surface area contributed by atoms with Crippen LogP contribution in [0.4, 0.5) is 14.9 Å². The molecule has 2 amide bonds. The number of nitrogens with one attached hydrogen (secondary N) is 1. The summed E-state index contributed by atoms with van der Waals surface area (Å²) >= 11 is 0. The van der Waals surface area contributed by atoms with Gasteiger partial charge >= 0.3 is 6.03 Å². The zero-order valence-corrected chi connectivity index (χ0v) is 18.5. The van der Waals surface area contributed by atoms with Crippen LogP contribution >= 0.6 is 0 Å². The minimum absolute atomic E-state index is 0.0720. The molecule has 1 spiro atoms. The summed E-state index contributed by atoms with van der Waals surface area (Å²) in [5.41, 5.74) is 2.68. The van der Waals surface area contributed by atoms with Crippen molar-refractivity contribution in [2.45, 2.75) is 18.9 Å². The Bertz CT molecular complexity index is 1180. The molecule has 5 rings (SSSR count). The van der Waals surface area contributed by atoms with Gasteiger partial charge in [-0.15, -0.1) is 0 Å². The molecule has 1 aromatic heterocycles. The lowest BCUT2D eigenvalue weighted by atomic mass is 9.62. The fourth-order valence-electron chi connectivity index (χ4n) is 4.69. The van der Waals surface area contributed by atoms with Gasteiger partial charge in [-0.2, -0.15) is 0 Å². The number of methoxy groups -OCH3 is 1.